The first kappa shape index (κ1) is 21.1. The average Bonchev–Trinajstić information content (AvgIpc) is 3.25. The Labute approximate surface area is 201 Å². The highest BCUT2D eigenvalue weighted by Gasteiger charge is 2.26. The standard InChI is InChI=1S/C21H16BrCl2N7O/c22-13-1-6-17(24)16(11-13)21(32)30-9-7-29(8-10-30)19-18-20(26-12-25-19)31(28-27-18)15-4-2-14(23)3-5-15/h1-6,11-12H,7-10H2. The minimum Gasteiger partial charge on any atom is -0.351 e. The van der Waals surface area contributed by atoms with Crippen LogP contribution in [0.25, 0.3) is 16.9 Å². The summed E-state index contributed by atoms with van der Waals surface area (Å²) in [6.07, 6.45) is 1.51. The van der Waals surface area contributed by atoms with E-state index in [1.165, 1.54) is 6.33 Å². The number of halogens is 3. The molecule has 1 saturated heterocycles. The minimum absolute atomic E-state index is 0.0857. The van der Waals surface area contributed by atoms with Crippen LogP contribution >= 0.6 is 39.1 Å². The van der Waals surface area contributed by atoms with Crippen LogP contribution in [0.2, 0.25) is 10.0 Å². The second-order valence-electron chi connectivity index (χ2n) is 7.25. The lowest BCUT2D eigenvalue weighted by atomic mass is 10.2. The molecule has 1 aliphatic heterocycles. The van der Waals surface area contributed by atoms with Crippen molar-refractivity contribution in [3.63, 3.8) is 0 Å². The van der Waals surface area contributed by atoms with Crippen molar-refractivity contribution in [3.05, 3.63) is 68.9 Å². The fourth-order valence-corrected chi connectivity index (χ4v) is 4.36. The zero-order valence-corrected chi connectivity index (χ0v) is 19.7. The Hall–Kier alpha value is -2.75. The molecule has 3 heterocycles. The molecule has 2 aromatic heterocycles. The summed E-state index contributed by atoms with van der Waals surface area (Å²) in [5.74, 6) is 0.611. The molecule has 2 aromatic carbocycles. The van der Waals surface area contributed by atoms with Gasteiger partial charge in [0.05, 0.1) is 16.3 Å². The molecule has 0 N–H and O–H groups in total. The molecule has 0 radical (unpaired) electrons. The number of nitrogens with zero attached hydrogens (tertiary/aromatic N) is 7. The van der Waals surface area contributed by atoms with Crippen LogP contribution in [-0.4, -0.2) is 61.9 Å². The summed E-state index contributed by atoms with van der Waals surface area (Å²) >= 11 is 15.6. The summed E-state index contributed by atoms with van der Waals surface area (Å²) in [5.41, 5.74) is 2.52. The van der Waals surface area contributed by atoms with Crippen molar-refractivity contribution in [1.82, 2.24) is 29.9 Å². The molecule has 0 bridgehead atoms. The molecule has 162 valence electrons. The highest BCUT2D eigenvalue weighted by molar-refractivity contribution is 9.10. The lowest BCUT2D eigenvalue weighted by Crippen LogP contribution is -2.49. The number of hydrogen-bond donors (Lipinski definition) is 0. The predicted molar refractivity (Wildman–Crippen MR) is 127 cm³/mol. The highest BCUT2D eigenvalue weighted by Crippen LogP contribution is 2.26. The molecule has 1 fully saturated rings. The van der Waals surface area contributed by atoms with Gasteiger partial charge < -0.3 is 9.80 Å². The third-order valence-electron chi connectivity index (χ3n) is 5.31. The molecule has 0 aliphatic carbocycles. The van der Waals surface area contributed by atoms with Crippen LogP contribution in [0, 0.1) is 0 Å². The summed E-state index contributed by atoms with van der Waals surface area (Å²) in [5, 5.41) is 9.67. The Morgan fingerprint density at radius 2 is 1.72 bits per heavy atom. The Kier molecular flexibility index (Phi) is 5.71. The number of benzene rings is 2. The second-order valence-corrected chi connectivity index (χ2v) is 9.01. The number of anilines is 1. The summed E-state index contributed by atoms with van der Waals surface area (Å²) in [6, 6.07) is 12.6. The summed E-state index contributed by atoms with van der Waals surface area (Å²) in [7, 11) is 0. The van der Waals surface area contributed by atoms with Crippen molar-refractivity contribution in [1.29, 1.82) is 0 Å². The van der Waals surface area contributed by atoms with Crippen molar-refractivity contribution < 1.29 is 4.79 Å². The number of rotatable bonds is 3. The summed E-state index contributed by atoms with van der Waals surface area (Å²) < 4.78 is 2.47. The monoisotopic (exact) mass is 531 g/mol. The molecule has 8 nitrogen and oxygen atoms in total. The van der Waals surface area contributed by atoms with E-state index in [4.69, 9.17) is 23.2 Å². The third-order valence-corrected chi connectivity index (χ3v) is 6.39. The van der Waals surface area contributed by atoms with E-state index in [9.17, 15) is 4.79 Å². The van der Waals surface area contributed by atoms with E-state index >= 15 is 0 Å². The molecular weight excluding hydrogens is 517 g/mol. The van der Waals surface area contributed by atoms with Crippen molar-refractivity contribution in [2.24, 2.45) is 0 Å². The average molecular weight is 533 g/mol. The lowest BCUT2D eigenvalue weighted by molar-refractivity contribution is 0.0746. The molecular formula is C21H16BrCl2N7O. The van der Waals surface area contributed by atoms with Crippen LogP contribution in [0.3, 0.4) is 0 Å². The smallest absolute Gasteiger partial charge is 0.255 e. The Morgan fingerprint density at radius 1 is 0.969 bits per heavy atom. The lowest BCUT2D eigenvalue weighted by Gasteiger charge is -2.35. The van der Waals surface area contributed by atoms with Gasteiger partial charge in [-0.25, -0.2) is 9.97 Å². The topological polar surface area (TPSA) is 80.0 Å². The SMILES string of the molecule is O=C(c1cc(Br)ccc1Cl)N1CCN(c2ncnc3c2nnn3-c2ccc(Cl)cc2)CC1. The third kappa shape index (κ3) is 3.92. The molecule has 11 heteroatoms. The maximum absolute atomic E-state index is 13.0. The van der Waals surface area contributed by atoms with E-state index in [0.29, 0.717) is 58.8 Å². The van der Waals surface area contributed by atoms with Gasteiger partial charge in [0, 0.05) is 35.7 Å². The highest BCUT2D eigenvalue weighted by atomic mass is 79.9. The van der Waals surface area contributed by atoms with E-state index in [1.54, 1.807) is 33.8 Å². The predicted octanol–water partition coefficient (Wildman–Crippen LogP) is 4.24. The number of carbonyl (C=O) groups is 1. The maximum atomic E-state index is 13.0. The Morgan fingerprint density at radius 3 is 2.47 bits per heavy atom. The quantitative estimate of drug-likeness (QED) is 0.392. The van der Waals surface area contributed by atoms with E-state index in [0.717, 1.165) is 10.2 Å². The zero-order chi connectivity index (χ0) is 22.2. The molecule has 4 aromatic rings. The van der Waals surface area contributed by atoms with Crippen molar-refractivity contribution in [3.8, 4) is 5.69 Å². The van der Waals surface area contributed by atoms with Gasteiger partial charge in [-0.3, -0.25) is 4.79 Å². The molecule has 0 saturated carbocycles. The van der Waals surface area contributed by atoms with Gasteiger partial charge in [0.25, 0.3) is 5.91 Å². The second kappa shape index (κ2) is 8.65. The number of fused-ring (bicyclic) bond motifs is 1. The molecule has 0 unspecified atom stereocenters. The molecule has 32 heavy (non-hydrogen) atoms. The van der Waals surface area contributed by atoms with Crippen molar-refractivity contribution in [2.75, 3.05) is 31.1 Å². The molecule has 1 aliphatic rings. The van der Waals surface area contributed by atoms with Gasteiger partial charge in [0.15, 0.2) is 17.0 Å². The largest absolute Gasteiger partial charge is 0.351 e. The van der Waals surface area contributed by atoms with E-state index in [1.807, 2.05) is 18.2 Å². The minimum atomic E-state index is -0.0857. The Bertz CT molecular complexity index is 1300. The van der Waals surface area contributed by atoms with Gasteiger partial charge in [0.1, 0.15) is 6.33 Å². The number of piperazine rings is 1. The van der Waals surface area contributed by atoms with E-state index < -0.39 is 0 Å². The fraction of sp³-hybridized carbons (Fsp3) is 0.190. The Balaban J connectivity index is 1.37. The van der Waals surface area contributed by atoms with E-state index in [-0.39, 0.29) is 5.91 Å². The summed E-state index contributed by atoms with van der Waals surface area (Å²) in [4.78, 5) is 25.7. The first-order chi connectivity index (χ1) is 15.5. The van der Waals surface area contributed by atoms with Crippen molar-refractivity contribution >= 4 is 62.0 Å². The van der Waals surface area contributed by atoms with Crippen LogP contribution in [-0.2, 0) is 0 Å². The fourth-order valence-electron chi connectivity index (χ4n) is 3.68. The number of aromatic nitrogens is 5. The normalized spacial score (nSPS) is 14.2. The summed E-state index contributed by atoms with van der Waals surface area (Å²) in [6.45, 7) is 2.30. The van der Waals surface area contributed by atoms with Crippen molar-refractivity contribution in [2.45, 2.75) is 0 Å². The number of hydrogen-bond acceptors (Lipinski definition) is 6. The van der Waals surface area contributed by atoms with Gasteiger partial charge in [0.2, 0.25) is 0 Å². The van der Waals surface area contributed by atoms with Crippen LogP contribution < -0.4 is 4.90 Å². The van der Waals surface area contributed by atoms with Crippen LogP contribution in [0.4, 0.5) is 5.82 Å². The van der Waals surface area contributed by atoms with Crippen LogP contribution in [0.1, 0.15) is 10.4 Å². The van der Waals surface area contributed by atoms with Gasteiger partial charge in [-0.1, -0.05) is 44.3 Å². The molecule has 5 rings (SSSR count). The molecule has 0 spiro atoms. The molecule has 1 amide bonds. The van der Waals surface area contributed by atoms with Crippen LogP contribution in [0.15, 0.2) is 53.3 Å². The van der Waals surface area contributed by atoms with Gasteiger partial charge in [-0.05, 0) is 42.5 Å². The zero-order valence-electron chi connectivity index (χ0n) is 16.6. The maximum Gasteiger partial charge on any atom is 0.255 e. The van der Waals surface area contributed by atoms with Gasteiger partial charge in [-0.2, -0.15) is 4.68 Å². The number of amides is 1. The first-order valence-electron chi connectivity index (χ1n) is 9.83. The first-order valence-corrected chi connectivity index (χ1v) is 11.4. The van der Waals surface area contributed by atoms with E-state index in [2.05, 4.69) is 41.1 Å². The van der Waals surface area contributed by atoms with Gasteiger partial charge >= 0.3 is 0 Å². The number of carbonyl (C=O) groups excluding carboxylic acids is 1. The van der Waals surface area contributed by atoms with Gasteiger partial charge in [-0.15, -0.1) is 5.10 Å². The van der Waals surface area contributed by atoms with Crippen LogP contribution in [0.5, 0.6) is 0 Å². The molecule has 0 atom stereocenters.